The van der Waals surface area contributed by atoms with Gasteiger partial charge in [-0.3, -0.25) is 9.59 Å². The standard InChI is InChI=1S/C27H24N2O2S/c1-18-7-9-21(10-8-18)27(31)28-23-13-15-25(16-14-23)32-19(2)26(30)29-24-12-11-20-5-3-4-6-22(20)17-24/h3-17,19H,1-2H3,(H,28,31)(H,29,30). The average Bonchev–Trinajstić information content (AvgIpc) is 2.80. The molecule has 0 saturated heterocycles. The summed E-state index contributed by atoms with van der Waals surface area (Å²) in [7, 11) is 0. The zero-order valence-corrected chi connectivity index (χ0v) is 18.8. The predicted molar refractivity (Wildman–Crippen MR) is 133 cm³/mol. The van der Waals surface area contributed by atoms with Crippen LogP contribution in [-0.2, 0) is 4.79 Å². The largest absolute Gasteiger partial charge is 0.325 e. The molecule has 4 rings (SSSR count). The molecular formula is C27H24N2O2S. The highest BCUT2D eigenvalue weighted by Crippen LogP contribution is 2.26. The van der Waals surface area contributed by atoms with Crippen molar-refractivity contribution in [2.75, 3.05) is 10.6 Å². The molecule has 160 valence electrons. The van der Waals surface area contributed by atoms with Gasteiger partial charge >= 0.3 is 0 Å². The van der Waals surface area contributed by atoms with Crippen molar-refractivity contribution >= 4 is 45.7 Å². The molecule has 1 unspecified atom stereocenters. The van der Waals surface area contributed by atoms with E-state index >= 15 is 0 Å². The second-order valence-corrected chi connectivity index (χ2v) is 9.07. The fourth-order valence-electron chi connectivity index (χ4n) is 3.29. The van der Waals surface area contributed by atoms with Crippen LogP contribution in [0.5, 0.6) is 0 Å². The average molecular weight is 441 g/mol. The summed E-state index contributed by atoms with van der Waals surface area (Å²) in [5.41, 5.74) is 3.23. The van der Waals surface area contributed by atoms with Crippen molar-refractivity contribution in [3.05, 3.63) is 102 Å². The van der Waals surface area contributed by atoms with Gasteiger partial charge in [-0.2, -0.15) is 0 Å². The van der Waals surface area contributed by atoms with Crippen LogP contribution in [0.3, 0.4) is 0 Å². The van der Waals surface area contributed by atoms with E-state index in [0.29, 0.717) is 11.3 Å². The molecule has 0 saturated carbocycles. The summed E-state index contributed by atoms with van der Waals surface area (Å²) >= 11 is 1.48. The van der Waals surface area contributed by atoms with Gasteiger partial charge in [0.15, 0.2) is 0 Å². The SMILES string of the molecule is Cc1ccc(C(=O)Nc2ccc(SC(C)C(=O)Nc3ccc4ccccc4c3)cc2)cc1. The summed E-state index contributed by atoms with van der Waals surface area (Å²) in [6, 6.07) is 28.9. The van der Waals surface area contributed by atoms with Gasteiger partial charge in [0.2, 0.25) is 5.91 Å². The second-order valence-electron chi connectivity index (χ2n) is 7.66. The fourth-order valence-corrected chi connectivity index (χ4v) is 4.16. The van der Waals surface area contributed by atoms with Crippen LogP contribution in [0.1, 0.15) is 22.8 Å². The van der Waals surface area contributed by atoms with E-state index in [1.807, 2.05) is 105 Å². The smallest absolute Gasteiger partial charge is 0.255 e. The number of nitrogens with one attached hydrogen (secondary N) is 2. The van der Waals surface area contributed by atoms with Crippen LogP contribution in [0.25, 0.3) is 10.8 Å². The third-order valence-electron chi connectivity index (χ3n) is 5.13. The van der Waals surface area contributed by atoms with Crippen LogP contribution in [0.2, 0.25) is 0 Å². The first kappa shape index (κ1) is 21.7. The highest BCUT2D eigenvalue weighted by atomic mass is 32.2. The third kappa shape index (κ3) is 5.37. The van der Waals surface area contributed by atoms with Crippen LogP contribution >= 0.6 is 11.8 Å². The van der Waals surface area contributed by atoms with Crippen molar-refractivity contribution in [1.29, 1.82) is 0 Å². The van der Waals surface area contributed by atoms with Gasteiger partial charge in [0.1, 0.15) is 0 Å². The minimum absolute atomic E-state index is 0.0537. The number of hydrogen-bond donors (Lipinski definition) is 2. The van der Waals surface area contributed by atoms with E-state index in [9.17, 15) is 9.59 Å². The summed E-state index contributed by atoms with van der Waals surface area (Å²) in [5.74, 6) is -0.199. The maximum atomic E-state index is 12.7. The number of benzene rings is 4. The first-order valence-electron chi connectivity index (χ1n) is 10.4. The van der Waals surface area contributed by atoms with Gasteiger partial charge in [0.25, 0.3) is 5.91 Å². The molecule has 32 heavy (non-hydrogen) atoms. The Morgan fingerprint density at radius 1 is 0.750 bits per heavy atom. The van der Waals surface area contributed by atoms with E-state index in [-0.39, 0.29) is 17.1 Å². The van der Waals surface area contributed by atoms with Gasteiger partial charge < -0.3 is 10.6 Å². The molecule has 2 N–H and O–H groups in total. The third-order valence-corrected chi connectivity index (χ3v) is 6.24. The summed E-state index contributed by atoms with van der Waals surface area (Å²) < 4.78 is 0. The van der Waals surface area contributed by atoms with Crippen LogP contribution in [0.4, 0.5) is 11.4 Å². The second kappa shape index (κ2) is 9.71. The molecule has 5 heteroatoms. The molecule has 0 aliphatic carbocycles. The van der Waals surface area contributed by atoms with Gasteiger partial charge in [-0.25, -0.2) is 0 Å². The first-order chi connectivity index (χ1) is 15.5. The van der Waals surface area contributed by atoms with Crippen LogP contribution in [0.15, 0.2) is 95.9 Å². The number of anilines is 2. The summed E-state index contributed by atoms with van der Waals surface area (Å²) in [5, 5.41) is 7.86. The predicted octanol–water partition coefficient (Wildman–Crippen LogP) is 6.52. The van der Waals surface area contributed by atoms with Crippen molar-refractivity contribution < 1.29 is 9.59 Å². The molecule has 0 aliphatic heterocycles. The number of rotatable bonds is 6. The number of amides is 2. The van der Waals surface area contributed by atoms with Crippen molar-refractivity contribution in [1.82, 2.24) is 0 Å². The molecule has 4 aromatic rings. The van der Waals surface area contributed by atoms with Crippen molar-refractivity contribution in [2.24, 2.45) is 0 Å². The van der Waals surface area contributed by atoms with E-state index in [1.165, 1.54) is 11.8 Å². The zero-order valence-electron chi connectivity index (χ0n) is 18.0. The Hall–Kier alpha value is -3.57. The molecular weight excluding hydrogens is 416 g/mol. The Bertz CT molecular complexity index is 1250. The minimum Gasteiger partial charge on any atom is -0.325 e. The number of fused-ring (bicyclic) bond motifs is 1. The van der Waals surface area contributed by atoms with Gasteiger partial charge in [-0.15, -0.1) is 11.8 Å². The highest BCUT2D eigenvalue weighted by Gasteiger charge is 2.15. The molecule has 4 aromatic carbocycles. The molecule has 0 heterocycles. The lowest BCUT2D eigenvalue weighted by Gasteiger charge is -2.13. The van der Waals surface area contributed by atoms with Gasteiger partial charge in [0, 0.05) is 21.8 Å². The van der Waals surface area contributed by atoms with E-state index in [4.69, 9.17) is 0 Å². The minimum atomic E-state index is -0.269. The number of carbonyl (C=O) groups is 2. The highest BCUT2D eigenvalue weighted by molar-refractivity contribution is 8.00. The molecule has 0 fully saturated rings. The van der Waals surface area contributed by atoms with E-state index in [1.54, 1.807) is 0 Å². The van der Waals surface area contributed by atoms with Gasteiger partial charge in [0.05, 0.1) is 5.25 Å². The quantitative estimate of drug-likeness (QED) is 0.336. The van der Waals surface area contributed by atoms with Crippen molar-refractivity contribution in [2.45, 2.75) is 24.0 Å². The molecule has 0 aliphatic rings. The monoisotopic (exact) mass is 440 g/mol. The van der Waals surface area contributed by atoms with E-state index in [0.717, 1.165) is 26.9 Å². The summed E-state index contributed by atoms with van der Waals surface area (Å²) in [4.78, 5) is 26.0. The molecule has 0 bridgehead atoms. The normalized spacial score (nSPS) is 11.7. The lowest BCUT2D eigenvalue weighted by atomic mass is 10.1. The number of carbonyl (C=O) groups excluding carboxylic acids is 2. The van der Waals surface area contributed by atoms with Crippen molar-refractivity contribution in [3.8, 4) is 0 Å². The fraction of sp³-hybridized carbons (Fsp3) is 0.111. The van der Waals surface area contributed by atoms with Crippen molar-refractivity contribution in [3.63, 3.8) is 0 Å². The maximum Gasteiger partial charge on any atom is 0.255 e. The van der Waals surface area contributed by atoms with Gasteiger partial charge in [-0.05, 0) is 73.2 Å². The lowest BCUT2D eigenvalue weighted by Crippen LogP contribution is -2.22. The Labute approximate surface area is 192 Å². The van der Waals surface area contributed by atoms with Gasteiger partial charge in [-0.1, -0.05) is 48.0 Å². The molecule has 0 spiro atoms. The molecule has 0 aromatic heterocycles. The van der Waals surface area contributed by atoms with E-state index in [2.05, 4.69) is 10.6 Å². The molecule has 1 atom stereocenters. The first-order valence-corrected chi connectivity index (χ1v) is 11.3. The number of thioether (sulfide) groups is 1. The Balaban J connectivity index is 1.34. The Morgan fingerprint density at radius 3 is 2.12 bits per heavy atom. The molecule has 4 nitrogen and oxygen atoms in total. The Morgan fingerprint density at radius 2 is 1.41 bits per heavy atom. The lowest BCUT2D eigenvalue weighted by molar-refractivity contribution is -0.115. The number of aryl methyl sites for hydroxylation is 1. The molecule has 0 radical (unpaired) electrons. The summed E-state index contributed by atoms with van der Waals surface area (Å²) in [6.07, 6.45) is 0. The number of hydrogen-bond acceptors (Lipinski definition) is 3. The van der Waals surface area contributed by atoms with Crippen LogP contribution in [0, 0.1) is 6.92 Å². The zero-order chi connectivity index (χ0) is 22.5. The van der Waals surface area contributed by atoms with Crippen LogP contribution < -0.4 is 10.6 Å². The topological polar surface area (TPSA) is 58.2 Å². The molecule has 2 amide bonds. The Kier molecular flexibility index (Phi) is 6.57. The maximum absolute atomic E-state index is 12.7. The summed E-state index contributed by atoms with van der Waals surface area (Å²) in [6.45, 7) is 3.87. The van der Waals surface area contributed by atoms with Crippen LogP contribution in [-0.4, -0.2) is 17.1 Å². The van der Waals surface area contributed by atoms with E-state index < -0.39 is 0 Å².